The van der Waals surface area contributed by atoms with Gasteiger partial charge in [-0.05, 0) is 36.5 Å². The van der Waals surface area contributed by atoms with Crippen molar-refractivity contribution in [2.45, 2.75) is 6.42 Å². The lowest BCUT2D eigenvalue weighted by Crippen LogP contribution is -2.44. The fourth-order valence-corrected chi connectivity index (χ4v) is 2.29. The number of nitrogens with one attached hydrogen (secondary N) is 3. The highest BCUT2D eigenvalue weighted by Crippen LogP contribution is 2.19. The maximum absolute atomic E-state index is 13.6. The second-order valence-electron chi connectivity index (χ2n) is 4.74. The average molecular weight is 368 g/mol. The van der Waals surface area contributed by atoms with E-state index in [2.05, 4.69) is 16.2 Å². The van der Waals surface area contributed by atoms with Gasteiger partial charge in [-0.25, -0.2) is 4.39 Å². The number of methoxy groups -OCH3 is 1. The number of amides is 1. The molecular weight excluding hydrogens is 353 g/mol. The van der Waals surface area contributed by atoms with Crippen molar-refractivity contribution in [3.63, 3.8) is 0 Å². The third-order valence-corrected chi connectivity index (χ3v) is 3.60. The lowest BCUT2D eigenvalue weighted by molar-refractivity contribution is -0.121. The first kappa shape index (κ1) is 18.0. The van der Waals surface area contributed by atoms with Crippen LogP contribution in [0.5, 0.6) is 5.75 Å². The third-order valence-electron chi connectivity index (χ3n) is 3.04. The summed E-state index contributed by atoms with van der Waals surface area (Å²) >= 11 is 11.0. The van der Waals surface area contributed by atoms with E-state index in [1.807, 2.05) is 0 Å². The van der Waals surface area contributed by atoms with Gasteiger partial charge in [0, 0.05) is 22.3 Å². The van der Waals surface area contributed by atoms with Gasteiger partial charge in [-0.3, -0.25) is 15.6 Å². The summed E-state index contributed by atoms with van der Waals surface area (Å²) in [5.41, 5.74) is 5.75. The number of anilines is 1. The van der Waals surface area contributed by atoms with E-state index in [1.165, 1.54) is 18.2 Å². The first-order valence-electron chi connectivity index (χ1n) is 6.92. The van der Waals surface area contributed by atoms with E-state index >= 15 is 0 Å². The quantitative estimate of drug-likeness (QED) is 0.572. The van der Waals surface area contributed by atoms with E-state index in [9.17, 15) is 9.18 Å². The third kappa shape index (κ3) is 5.07. The number of hydrogen-bond donors (Lipinski definition) is 3. The molecular formula is C16H15ClFN3O2S. The first-order valence-corrected chi connectivity index (χ1v) is 7.71. The largest absolute Gasteiger partial charge is 0.497 e. The predicted octanol–water partition coefficient (Wildman–Crippen LogP) is 3.05. The molecule has 0 atom stereocenters. The summed E-state index contributed by atoms with van der Waals surface area (Å²) < 4.78 is 18.7. The molecule has 0 aliphatic heterocycles. The van der Waals surface area contributed by atoms with E-state index in [-0.39, 0.29) is 22.1 Å². The van der Waals surface area contributed by atoms with Gasteiger partial charge < -0.3 is 10.1 Å². The van der Waals surface area contributed by atoms with Gasteiger partial charge in [-0.1, -0.05) is 23.7 Å². The van der Waals surface area contributed by atoms with Crippen LogP contribution in [0.1, 0.15) is 5.56 Å². The summed E-state index contributed by atoms with van der Waals surface area (Å²) in [4.78, 5) is 11.9. The maximum atomic E-state index is 13.6. The second kappa shape index (κ2) is 8.47. The minimum Gasteiger partial charge on any atom is -0.497 e. The summed E-state index contributed by atoms with van der Waals surface area (Å²) in [6, 6.07) is 11.4. The van der Waals surface area contributed by atoms with Crippen LogP contribution in [0.4, 0.5) is 10.1 Å². The zero-order chi connectivity index (χ0) is 17.5. The van der Waals surface area contributed by atoms with Crippen molar-refractivity contribution in [1.29, 1.82) is 0 Å². The molecule has 24 heavy (non-hydrogen) atoms. The molecule has 8 heteroatoms. The number of carbonyl (C=O) groups is 1. The predicted molar refractivity (Wildman–Crippen MR) is 95.6 cm³/mol. The Morgan fingerprint density at radius 3 is 2.71 bits per heavy atom. The highest BCUT2D eigenvalue weighted by Gasteiger charge is 2.12. The number of rotatable bonds is 4. The fourth-order valence-electron chi connectivity index (χ4n) is 1.90. The van der Waals surface area contributed by atoms with Gasteiger partial charge in [0.25, 0.3) is 0 Å². The molecule has 2 aromatic carbocycles. The van der Waals surface area contributed by atoms with Crippen LogP contribution in [-0.2, 0) is 11.2 Å². The van der Waals surface area contributed by atoms with Crippen LogP contribution >= 0.6 is 23.8 Å². The molecule has 0 bridgehead atoms. The highest BCUT2D eigenvalue weighted by molar-refractivity contribution is 7.80. The molecule has 3 N–H and O–H groups in total. The van der Waals surface area contributed by atoms with Gasteiger partial charge in [-0.15, -0.1) is 0 Å². The van der Waals surface area contributed by atoms with Gasteiger partial charge in [0.2, 0.25) is 5.91 Å². The molecule has 0 aliphatic carbocycles. The Balaban J connectivity index is 1.86. The smallest absolute Gasteiger partial charge is 0.242 e. The van der Waals surface area contributed by atoms with Crippen molar-refractivity contribution in [3.8, 4) is 5.75 Å². The van der Waals surface area contributed by atoms with Gasteiger partial charge in [0.05, 0.1) is 13.5 Å². The monoisotopic (exact) mass is 367 g/mol. The number of hydrogen-bond acceptors (Lipinski definition) is 3. The molecule has 0 unspecified atom stereocenters. The summed E-state index contributed by atoms with van der Waals surface area (Å²) in [6.45, 7) is 0. The Bertz CT molecular complexity index is 738. The summed E-state index contributed by atoms with van der Waals surface area (Å²) in [7, 11) is 1.56. The van der Waals surface area contributed by atoms with Crippen LogP contribution in [-0.4, -0.2) is 18.1 Å². The van der Waals surface area contributed by atoms with Crippen molar-refractivity contribution in [2.24, 2.45) is 0 Å². The SMILES string of the molecule is COc1cccc(NC(=S)NNC(=O)Cc2c(F)cccc2Cl)c1. The van der Waals surface area contributed by atoms with E-state index < -0.39 is 11.7 Å². The zero-order valence-corrected chi connectivity index (χ0v) is 14.3. The molecule has 0 saturated heterocycles. The van der Waals surface area contributed by atoms with Gasteiger partial charge in [0.1, 0.15) is 11.6 Å². The Labute approximate surface area is 149 Å². The Morgan fingerprint density at radius 2 is 2.00 bits per heavy atom. The van der Waals surface area contributed by atoms with Crippen LogP contribution < -0.4 is 20.9 Å². The van der Waals surface area contributed by atoms with E-state index in [1.54, 1.807) is 31.4 Å². The fraction of sp³-hybridized carbons (Fsp3) is 0.125. The van der Waals surface area contributed by atoms with Gasteiger partial charge in [0.15, 0.2) is 5.11 Å². The van der Waals surface area contributed by atoms with Gasteiger partial charge in [-0.2, -0.15) is 0 Å². The molecule has 5 nitrogen and oxygen atoms in total. The number of ether oxygens (including phenoxy) is 1. The molecule has 1 amide bonds. The van der Waals surface area contributed by atoms with Crippen LogP contribution in [0.2, 0.25) is 5.02 Å². The van der Waals surface area contributed by atoms with E-state index in [4.69, 9.17) is 28.6 Å². The summed E-state index contributed by atoms with van der Waals surface area (Å²) in [5, 5.41) is 3.26. The Kier molecular flexibility index (Phi) is 6.34. The van der Waals surface area contributed by atoms with E-state index in [0.29, 0.717) is 11.4 Å². The standard InChI is InChI=1S/C16H15ClFN3O2S/c1-23-11-5-2-4-10(8-11)19-16(24)21-20-15(22)9-12-13(17)6-3-7-14(12)18/h2-8H,9H2,1H3,(H,20,22)(H2,19,21,24). The van der Waals surface area contributed by atoms with Crippen molar-refractivity contribution >= 4 is 40.5 Å². The molecule has 2 aromatic rings. The Morgan fingerprint density at radius 1 is 1.25 bits per heavy atom. The molecule has 0 aliphatic rings. The molecule has 0 heterocycles. The highest BCUT2D eigenvalue weighted by atomic mass is 35.5. The lowest BCUT2D eigenvalue weighted by atomic mass is 10.1. The van der Waals surface area contributed by atoms with Crippen LogP contribution in [0.15, 0.2) is 42.5 Å². The normalized spacial score (nSPS) is 9.96. The Hall–Kier alpha value is -2.38. The molecule has 0 aromatic heterocycles. The van der Waals surface area contributed by atoms with Crippen LogP contribution in [0, 0.1) is 5.82 Å². The number of thiocarbonyl (C=S) groups is 1. The minimum absolute atomic E-state index is 0.130. The lowest BCUT2D eigenvalue weighted by Gasteiger charge is -2.12. The molecule has 126 valence electrons. The zero-order valence-electron chi connectivity index (χ0n) is 12.7. The number of hydrazine groups is 1. The maximum Gasteiger partial charge on any atom is 0.242 e. The number of benzene rings is 2. The van der Waals surface area contributed by atoms with Crippen LogP contribution in [0.3, 0.4) is 0 Å². The van der Waals surface area contributed by atoms with Crippen molar-refractivity contribution < 1.29 is 13.9 Å². The van der Waals surface area contributed by atoms with Crippen LogP contribution in [0.25, 0.3) is 0 Å². The second-order valence-corrected chi connectivity index (χ2v) is 5.55. The minimum atomic E-state index is -0.533. The molecule has 2 rings (SSSR count). The van der Waals surface area contributed by atoms with Crippen molar-refractivity contribution in [3.05, 3.63) is 58.9 Å². The molecule has 0 spiro atoms. The summed E-state index contributed by atoms with van der Waals surface area (Å²) in [6.07, 6.45) is -0.208. The molecule has 0 fully saturated rings. The molecule has 0 saturated carbocycles. The summed E-state index contributed by atoms with van der Waals surface area (Å²) in [5.74, 6) is -0.340. The van der Waals surface area contributed by atoms with E-state index in [0.717, 1.165) is 0 Å². The topological polar surface area (TPSA) is 62.4 Å². The molecule has 0 radical (unpaired) electrons. The first-order chi connectivity index (χ1) is 11.5. The van der Waals surface area contributed by atoms with Crippen molar-refractivity contribution in [1.82, 2.24) is 10.9 Å². The van der Waals surface area contributed by atoms with Gasteiger partial charge >= 0.3 is 0 Å². The average Bonchev–Trinajstić information content (AvgIpc) is 2.56. The van der Waals surface area contributed by atoms with Crippen molar-refractivity contribution in [2.75, 3.05) is 12.4 Å². The number of halogens is 2. The number of carbonyl (C=O) groups excluding carboxylic acids is 1.